The van der Waals surface area contributed by atoms with Gasteiger partial charge in [-0.25, -0.2) is 4.79 Å². The summed E-state index contributed by atoms with van der Waals surface area (Å²) in [6.07, 6.45) is 0. The van der Waals surface area contributed by atoms with Crippen LogP contribution in [-0.4, -0.2) is 24.6 Å². The van der Waals surface area contributed by atoms with Crippen molar-refractivity contribution < 1.29 is 23.9 Å². The van der Waals surface area contributed by atoms with Crippen molar-refractivity contribution in [1.29, 1.82) is 0 Å². The van der Waals surface area contributed by atoms with Crippen molar-refractivity contribution in [2.24, 2.45) is 0 Å². The number of para-hydroxylation sites is 2. The van der Waals surface area contributed by atoms with Crippen molar-refractivity contribution in [2.75, 3.05) is 13.7 Å². The lowest BCUT2D eigenvalue weighted by Gasteiger charge is -2.10. The Labute approximate surface area is 132 Å². The third-order valence-corrected chi connectivity index (χ3v) is 2.95. The predicted molar refractivity (Wildman–Crippen MR) is 82.0 cm³/mol. The summed E-state index contributed by atoms with van der Waals surface area (Å²) in [7, 11) is 1.47. The lowest BCUT2D eigenvalue weighted by Crippen LogP contribution is -2.18. The van der Waals surface area contributed by atoms with Crippen molar-refractivity contribution in [1.82, 2.24) is 0 Å². The van der Waals surface area contributed by atoms with Crippen molar-refractivity contribution in [3.8, 4) is 17.2 Å². The van der Waals surface area contributed by atoms with Crippen molar-refractivity contribution in [3.63, 3.8) is 0 Å². The lowest BCUT2D eigenvalue weighted by atomic mass is 10.2. The molecule has 7 nitrogen and oxygen atoms in total. The number of nitro benzene ring substituents is 1. The molecule has 0 aliphatic rings. The molecule has 0 bridgehead atoms. The fourth-order valence-electron chi connectivity index (χ4n) is 1.88. The number of carbonyl (C=O) groups excluding carboxylic acids is 1. The first kappa shape index (κ1) is 16.3. The zero-order chi connectivity index (χ0) is 16.8. The molecule has 0 heterocycles. The first-order chi connectivity index (χ1) is 11.0. The first-order valence-electron chi connectivity index (χ1n) is 6.73. The number of carbonyl (C=O) groups is 1. The Bertz CT molecular complexity index is 728. The van der Waals surface area contributed by atoms with Crippen molar-refractivity contribution >= 4 is 11.7 Å². The number of aryl methyl sites for hydroxylation is 1. The van der Waals surface area contributed by atoms with Gasteiger partial charge in [0.05, 0.1) is 12.0 Å². The zero-order valence-electron chi connectivity index (χ0n) is 12.6. The topological polar surface area (TPSA) is 87.9 Å². The van der Waals surface area contributed by atoms with Gasteiger partial charge in [-0.1, -0.05) is 18.2 Å². The number of methoxy groups -OCH3 is 1. The van der Waals surface area contributed by atoms with Crippen LogP contribution in [0.25, 0.3) is 0 Å². The maximum Gasteiger partial charge on any atom is 0.349 e. The van der Waals surface area contributed by atoms with Crippen LogP contribution in [0, 0.1) is 17.0 Å². The predicted octanol–water partition coefficient (Wildman–Crippen LogP) is 2.90. The van der Waals surface area contributed by atoms with Gasteiger partial charge in [0, 0.05) is 6.07 Å². The third-order valence-electron chi connectivity index (χ3n) is 2.95. The molecule has 120 valence electrons. The van der Waals surface area contributed by atoms with E-state index < -0.39 is 17.5 Å². The van der Waals surface area contributed by atoms with Gasteiger partial charge < -0.3 is 14.2 Å². The van der Waals surface area contributed by atoms with Crippen LogP contribution < -0.4 is 14.2 Å². The molecule has 0 aliphatic heterocycles. The molecule has 0 saturated carbocycles. The summed E-state index contributed by atoms with van der Waals surface area (Å²) in [5.41, 5.74) is 0.742. The molecule has 0 saturated heterocycles. The number of rotatable bonds is 6. The van der Waals surface area contributed by atoms with E-state index in [0.717, 1.165) is 5.56 Å². The lowest BCUT2D eigenvalue weighted by molar-refractivity contribution is -0.385. The molecule has 0 atom stereocenters. The smallest absolute Gasteiger partial charge is 0.349 e. The van der Waals surface area contributed by atoms with Crippen LogP contribution in [0.1, 0.15) is 5.56 Å². The molecule has 0 spiro atoms. The van der Waals surface area contributed by atoms with E-state index in [2.05, 4.69) is 0 Å². The van der Waals surface area contributed by atoms with Gasteiger partial charge in [0.25, 0.3) is 0 Å². The second-order valence-corrected chi connectivity index (χ2v) is 4.64. The number of ether oxygens (including phenoxy) is 3. The summed E-state index contributed by atoms with van der Waals surface area (Å²) in [5.74, 6) is -0.00562. The zero-order valence-corrected chi connectivity index (χ0v) is 12.6. The molecule has 0 fully saturated rings. The molecule has 0 aromatic heterocycles. The molecule has 0 amide bonds. The molecule has 0 unspecified atom stereocenters. The molecular weight excluding hydrogens is 302 g/mol. The highest BCUT2D eigenvalue weighted by Gasteiger charge is 2.16. The highest BCUT2D eigenvalue weighted by atomic mass is 16.6. The van der Waals surface area contributed by atoms with E-state index in [1.165, 1.54) is 25.3 Å². The summed E-state index contributed by atoms with van der Waals surface area (Å²) in [4.78, 5) is 22.1. The summed E-state index contributed by atoms with van der Waals surface area (Å²) >= 11 is 0. The number of hydrogen-bond acceptors (Lipinski definition) is 6. The van der Waals surface area contributed by atoms with Gasteiger partial charge >= 0.3 is 11.7 Å². The molecule has 0 radical (unpaired) electrons. The highest BCUT2D eigenvalue weighted by molar-refractivity contribution is 5.75. The standard InChI is InChI=1S/C16H15NO6/c1-11-7-8-14(15(9-11)21-2)23-16(18)10-22-13-6-4-3-5-12(13)17(19)20/h3-9H,10H2,1-2H3. The average molecular weight is 317 g/mol. The van der Waals surface area contributed by atoms with E-state index in [9.17, 15) is 14.9 Å². The van der Waals surface area contributed by atoms with E-state index in [1.54, 1.807) is 24.3 Å². The minimum absolute atomic E-state index is 0.00493. The Morgan fingerprint density at radius 1 is 1.13 bits per heavy atom. The van der Waals surface area contributed by atoms with Crippen LogP contribution in [0.4, 0.5) is 5.69 Å². The van der Waals surface area contributed by atoms with Gasteiger partial charge in [-0.3, -0.25) is 10.1 Å². The van der Waals surface area contributed by atoms with Gasteiger partial charge in [0.2, 0.25) is 0 Å². The SMILES string of the molecule is COc1cc(C)ccc1OC(=O)COc1ccccc1[N+](=O)[O-]. The maximum atomic E-state index is 11.8. The number of esters is 1. The van der Waals surface area contributed by atoms with Crippen molar-refractivity contribution in [3.05, 3.63) is 58.1 Å². The normalized spacial score (nSPS) is 10.0. The monoisotopic (exact) mass is 317 g/mol. The quantitative estimate of drug-likeness (QED) is 0.352. The van der Waals surface area contributed by atoms with Gasteiger partial charge in [0.1, 0.15) is 0 Å². The molecule has 23 heavy (non-hydrogen) atoms. The van der Waals surface area contributed by atoms with Crippen LogP contribution in [0.3, 0.4) is 0 Å². The minimum Gasteiger partial charge on any atom is -0.493 e. The fourth-order valence-corrected chi connectivity index (χ4v) is 1.88. The summed E-state index contributed by atoms with van der Waals surface area (Å²) < 4.78 is 15.5. The van der Waals surface area contributed by atoms with E-state index in [-0.39, 0.29) is 17.2 Å². The van der Waals surface area contributed by atoms with Crippen LogP contribution in [0.5, 0.6) is 17.2 Å². The minimum atomic E-state index is -0.690. The molecule has 2 aromatic carbocycles. The van der Waals surface area contributed by atoms with E-state index in [1.807, 2.05) is 6.92 Å². The van der Waals surface area contributed by atoms with Gasteiger partial charge in [-0.15, -0.1) is 0 Å². The molecule has 2 rings (SSSR count). The molecular formula is C16H15NO6. The van der Waals surface area contributed by atoms with Crippen LogP contribution in [-0.2, 0) is 4.79 Å². The van der Waals surface area contributed by atoms with Crippen molar-refractivity contribution in [2.45, 2.75) is 6.92 Å². The largest absolute Gasteiger partial charge is 0.493 e. The number of nitro groups is 1. The highest BCUT2D eigenvalue weighted by Crippen LogP contribution is 2.28. The second-order valence-electron chi connectivity index (χ2n) is 4.64. The Morgan fingerprint density at radius 3 is 2.57 bits per heavy atom. The summed E-state index contributed by atoms with van der Waals surface area (Å²) in [6, 6.07) is 10.9. The van der Waals surface area contributed by atoms with Crippen LogP contribution in [0.2, 0.25) is 0 Å². The van der Waals surface area contributed by atoms with E-state index in [0.29, 0.717) is 5.75 Å². The second kappa shape index (κ2) is 7.26. The van der Waals surface area contributed by atoms with Gasteiger partial charge in [0.15, 0.2) is 23.9 Å². The average Bonchev–Trinajstić information content (AvgIpc) is 2.54. The Hall–Kier alpha value is -3.09. The molecule has 2 aromatic rings. The number of nitrogens with zero attached hydrogens (tertiary/aromatic N) is 1. The number of hydrogen-bond donors (Lipinski definition) is 0. The summed E-state index contributed by atoms with van der Waals surface area (Å²) in [5, 5.41) is 10.9. The Balaban J connectivity index is 2.03. The van der Waals surface area contributed by atoms with E-state index in [4.69, 9.17) is 14.2 Å². The molecule has 0 aliphatic carbocycles. The number of benzene rings is 2. The summed E-state index contributed by atoms with van der Waals surface area (Å²) in [6.45, 7) is 1.42. The molecule has 0 N–H and O–H groups in total. The first-order valence-corrected chi connectivity index (χ1v) is 6.73. The Morgan fingerprint density at radius 2 is 1.87 bits per heavy atom. The van der Waals surface area contributed by atoms with Gasteiger partial charge in [-0.2, -0.15) is 0 Å². The van der Waals surface area contributed by atoms with E-state index >= 15 is 0 Å². The maximum absolute atomic E-state index is 11.8. The fraction of sp³-hybridized carbons (Fsp3) is 0.188. The van der Waals surface area contributed by atoms with Crippen LogP contribution >= 0.6 is 0 Å². The van der Waals surface area contributed by atoms with Crippen LogP contribution in [0.15, 0.2) is 42.5 Å². The van der Waals surface area contributed by atoms with Gasteiger partial charge in [-0.05, 0) is 30.7 Å². The molecule has 7 heteroatoms. The third kappa shape index (κ3) is 4.19. The Kier molecular flexibility index (Phi) is 5.14.